The first kappa shape index (κ1) is 24.0. The van der Waals surface area contributed by atoms with Gasteiger partial charge in [0.05, 0.1) is 44.8 Å². The van der Waals surface area contributed by atoms with Crippen LogP contribution < -0.4 is 4.74 Å². The van der Waals surface area contributed by atoms with E-state index in [1.807, 2.05) is 37.4 Å². The van der Waals surface area contributed by atoms with Crippen LogP contribution in [-0.4, -0.2) is 61.2 Å². The van der Waals surface area contributed by atoms with E-state index in [2.05, 4.69) is 13.1 Å². The summed E-state index contributed by atoms with van der Waals surface area (Å²) in [7, 11) is 4.44. The molecule has 2 aromatic rings. The SMILES string of the molecule is CO[C@]12CC[C@@]3(C[C@@H]1COCc1ccc(Cl)cc1)[C@H]1Cc4ccc(O)c5c4[C@@]3(CC[N@+]1(C)CC1CC1)[C@H]2O5. The monoisotopic (exact) mass is 536 g/mol. The third-order valence-corrected chi connectivity index (χ3v) is 12.3. The standard InChI is InChI=1S/C32H38ClNO4/c1-34(17-20-3-4-20)14-13-31-27-22-7-10-25(35)28(27)38-29(31)32(36-2)12-11-30(31,26(34)15-22)16-23(32)19-37-18-21-5-8-24(33)9-6-21/h5-10,20,23,26,29H,3-4,11-19H2,1-2H3/p+1/t23-,26-,29-,30-,31+,32-,34-/m1/s1. The largest absolute Gasteiger partial charge is 0.504 e. The minimum atomic E-state index is -0.413. The highest BCUT2D eigenvalue weighted by molar-refractivity contribution is 6.30. The number of hydrogen-bond acceptors (Lipinski definition) is 4. The summed E-state index contributed by atoms with van der Waals surface area (Å²) in [6, 6.07) is 12.6. The van der Waals surface area contributed by atoms with Gasteiger partial charge in [-0.3, -0.25) is 0 Å². The van der Waals surface area contributed by atoms with Crippen molar-refractivity contribution in [2.24, 2.45) is 17.3 Å². The molecule has 2 heterocycles. The zero-order valence-corrected chi connectivity index (χ0v) is 23.3. The van der Waals surface area contributed by atoms with Crippen molar-refractivity contribution < 1.29 is 23.8 Å². The molecule has 5 nitrogen and oxygen atoms in total. The van der Waals surface area contributed by atoms with Crippen molar-refractivity contribution >= 4 is 11.6 Å². The highest BCUT2D eigenvalue weighted by atomic mass is 35.5. The molecule has 6 heteroatoms. The van der Waals surface area contributed by atoms with Crippen molar-refractivity contribution in [2.45, 2.75) is 74.7 Å². The lowest BCUT2D eigenvalue weighted by atomic mass is 9.34. The molecule has 1 N–H and O–H groups in total. The summed E-state index contributed by atoms with van der Waals surface area (Å²) in [5.41, 5.74) is 3.52. The quantitative estimate of drug-likeness (QED) is 0.466. The van der Waals surface area contributed by atoms with Gasteiger partial charge in [-0.25, -0.2) is 0 Å². The summed E-state index contributed by atoms with van der Waals surface area (Å²) < 4.78 is 21.2. The van der Waals surface area contributed by atoms with Gasteiger partial charge < -0.3 is 23.8 Å². The molecule has 9 rings (SSSR count). The van der Waals surface area contributed by atoms with Crippen LogP contribution in [0.5, 0.6) is 11.5 Å². The number of aromatic hydroxyl groups is 1. The molecule has 0 amide bonds. The zero-order chi connectivity index (χ0) is 25.9. The van der Waals surface area contributed by atoms with Crippen LogP contribution in [0, 0.1) is 17.3 Å². The van der Waals surface area contributed by atoms with E-state index in [4.69, 9.17) is 25.8 Å². The van der Waals surface area contributed by atoms with Crippen LogP contribution in [0.15, 0.2) is 36.4 Å². The normalized spacial score (nSPS) is 41.6. The van der Waals surface area contributed by atoms with Gasteiger partial charge in [0.2, 0.25) is 0 Å². The Morgan fingerprint density at radius 3 is 2.68 bits per heavy atom. The van der Waals surface area contributed by atoms with E-state index in [-0.39, 0.29) is 22.9 Å². The molecule has 2 spiro atoms. The number of piperidine rings is 1. The molecule has 38 heavy (non-hydrogen) atoms. The first-order valence-corrected chi connectivity index (χ1v) is 15.0. The Morgan fingerprint density at radius 1 is 1.11 bits per heavy atom. The smallest absolute Gasteiger partial charge is 0.165 e. The predicted molar refractivity (Wildman–Crippen MR) is 146 cm³/mol. The molecule has 2 aliphatic heterocycles. The van der Waals surface area contributed by atoms with E-state index in [0.29, 0.717) is 25.0 Å². The number of phenolic OH excluding ortho intramolecular Hbond substituents is 1. The number of quaternary nitrogens is 1. The number of likely N-dealkylation sites (N-methyl/N-ethyl adjacent to an activating group) is 1. The minimum Gasteiger partial charge on any atom is -0.504 e. The summed E-state index contributed by atoms with van der Waals surface area (Å²) in [4.78, 5) is 0. The molecular formula is C32H39ClNO4+. The van der Waals surface area contributed by atoms with Crippen LogP contribution in [-0.2, 0) is 27.9 Å². The Morgan fingerprint density at radius 2 is 1.92 bits per heavy atom. The Hall–Kier alpha value is -1.79. The Labute approximate surface area is 230 Å². The zero-order valence-electron chi connectivity index (χ0n) is 22.5. The second kappa shape index (κ2) is 7.90. The summed E-state index contributed by atoms with van der Waals surface area (Å²) in [5.74, 6) is 2.18. The van der Waals surface area contributed by atoms with Crippen molar-refractivity contribution in [3.63, 3.8) is 0 Å². The molecule has 7 aliphatic rings. The molecule has 0 unspecified atom stereocenters. The average molecular weight is 537 g/mol. The fourth-order valence-electron chi connectivity index (χ4n) is 10.4. The predicted octanol–water partition coefficient (Wildman–Crippen LogP) is 5.63. The Balaban J connectivity index is 1.21. The first-order valence-electron chi connectivity index (χ1n) is 14.6. The van der Waals surface area contributed by atoms with Crippen LogP contribution in [0.4, 0.5) is 0 Å². The number of methoxy groups -OCH3 is 1. The lowest BCUT2D eigenvalue weighted by Crippen LogP contribution is -2.83. The number of benzene rings is 2. The molecular weight excluding hydrogens is 498 g/mol. The van der Waals surface area contributed by atoms with E-state index >= 15 is 0 Å². The maximum Gasteiger partial charge on any atom is 0.165 e. The van der Waals surface area contributed by atoms with Crippen molar-refractivity contribution in [3.05, 3.63) is 58.1 Å². The Kier molecular flexibility index (Phi) is 5.00. The average Bonchev–Trinajstić information content (AvgIpc) is 3.64. The summed E-state index contributed by atoms with van der Waals surface area (Å²) in [6.07, 6.45) is 8.19. The molecule has 0 aromatic heterocycles. The molecule has 7 atom stereocenters. The van der Waals surface area contributed by atoms with Gasteiger partial charge in [-0.1, -0.05) is 29.8 Å². The Bertz CT molecular complexity index is 1300. The first-order chi connectivity index (χ1) is 18.4. The number of halogens is 1. The van der Waals surface area contributed by atoms with Crippen LogP contribution in [0.3, 0.4) is 0 Å². The van der Waals surface area contributed by atoms with Crippen LogP contribution >= 0.6 is 11.6 Å². The third-order valence-electron chi connectivity index (χ3n) is 12.0. The second-order valence-electron chi connectivity index (χ2n) is 13.6. The molecule has 2 aromatic carbocycles. The van der Waals surface area contributed by atoms with E-state index in [1.54, 1.807) is 0 Å². The van der Waals surface area contributed by atoms with Gasteiger partial charge >= 0.3 is 0 Å². The molecule has 5 fully saturated rings. The number of rotatable bonds is 7. The van der Waals surface area contributed by atoms with Gasteiger partial charge in [0.25, 0.3) is 0 Å². The van der Waals surface area contributed by atoms with Crippen LogP contribution in [0.2, 0.25) is 5.02 Å². The van der Waals surface area contributed by atoms with Gasteiger partial charge in [0.1, 0.15) is 11.7 Å². The number of likely N-dealkylation sites (tertiary alicyclic amines) is 1. The molecule has 1 saturated heterocycles. The van der Waals surface area contributed by atoms with E-state index in [9.17, 15) is 5.11 Å². The summed E-state index contributed by atoms with van der Waals surface area (Å²) in [6.45, 7) is 3.72. The maximum absolute atomic E-state index is 11.0. The second-order valence-corrected chi connectivity index (χ2v) is 14.0. The van der Waals surface area contributed by atoms with Gasteiger partial charge in [0.15, 0.2) is 11.5 Å². The molecule has 4 saturated carbocycles. The van der Waals surface area contributed by atoms with Gasteiger partial charge in [-0.15, -0.1) is 0 Å². The van der Waals surface area contributed by atoms with Crippen molar-refractivity contribution in [3.8, 4) is 11.5 Å². The third kappa shape index (κ3) is 2.89. The highest BCUT2D eigenvalue weighted by Gasteiger charge is 2.83. The fraction of sp³-hybridized carbons (Fsp3) is 0.625. The summed E-state index contributed by atoms with van der Waals surface area (Å²) in [5, 5.41) is 11.8. The lowest BCUT2D eigenvalue weighted by molar-refractivity contribution is -0.952. The molecule has 202 valence electrons. The van der Waals surface area contributed by atoms with Gasteiger partial charge in [0, 0.05) is 47.8 Å². The van der Waals surface area contributed by atoms with E-state index < -0.39 is 5.60 Å². The van der Waals surface area contributed by atoms with E-state index in [0.717, 1.165) is 47.9 Å². The fourth-order valence-corrected chi connectivity index (χ4v) is 10.5. The maximum atomic E-state index is 11.0. The molecule has 4 bridgehead atoms. The summed E-state index contributed by atoms with van der Waals surface area (Å²) >= 11 is 6.10. The van der Waals surface area contributed by atoms with E-state index in [1.165, 1.54) is 48.0 Å². The highest BCUT2D eigenvalue weighted by Crippen LogP contribution is 2.77. The number of hydrogen-bond donors (Lipinski definition) is 1. The molecule has 5 aliphatic carbocycles. The number of nitrogens with zero attached hydrogens (tertiary/aromatic N) is 1. The number of fused-ring (bicyclic) bond motifs is 2. The van der Waals surface area contributed by atoms with Gasteiger partial charge in [-0.05, 0) is 61.4 Å². The van der Waals surface area contributed by atoms with Crippen molar-refractivity contribution in [2.75, 3.05) is 33.9 Å². The van der Waals surface area contributed by atoms with Crippen LogP contribution in [0.1, 0.15) is 55.2 Å². The van der Waals surface area contributed by atoms with Gasteiger partial charge in [-0.2, -0.15) is 0 Å². The topological polar surface area (TPSA) is 47.9 Å². The lowest BCUT2D eigenvalue weighted by Gasteiger charge is -2.74. The van der Waals surface area contributed by atoms with Crippen molar-refractivity contribution in [1.29, 1.82) is 0 Å². The number of ether oxygens (including phenoxy) is 3. The van der Waals surface area contributed by atoms with Crippen LogP contribution in [0.25, 0.3) is 0 Å². The minimum absolute atomic E-state index is 0.0776. The molecule has 0 radical (unpaired) electrons. The van der Waals surface area contributed by atoms with Crippen molar-refractivity contribution in [1.82, 2.24) is 0 Å². The number of phenols is 1.